The van der Waals surface area contributed by atoms with Gasteiger partial charge in [0.1, 0.15) is 5.82 Å². The second-order valence-electron chi connectivity index (χ2n) is 3.44. The minimum atomic E-state index is -1.02. The van der Waals surface area contributed by atoms with Crippen molar-refractivity contribution in [3.8, 4) is 0 Å². The van der Waals surface area contributed by atoms with E-state index in [1.807, 2.05) is 6.92 Å². The summed E-state index contributed by atoms with van der Waals surface area (Å²) >= 11 is 0. The van der Waals surface area contributed by atoms with Gasteiger partial charge in [-0.3, -0.25) is 4.79 Å². The van der Waals surface area contributed by atoms with E-state index in [1.165, 1.54) is 12.3 Å². The third kappa shape index (κ3) is 4.92. The molecule has 0 aliphatic carbocycles. The van der Waals surface area contributed by atoms with Crippen molar-refractivity contribution in [1.29, 1.82) is 0 Å². The number of carboxylic acids is 1. The summed E-state index contributed by atoms with van der Waals surface area (Å²) in [6, 6.07) is 3.28. The molecule has 0 bridgehead atoms. The van der Waals surface area contributed by atoms with Gasteiger partial charge < -0.3 is 10.4 Å². The van der Waals surface area contributed by atoms with Crippen LogP contribution in [0.4, 0.5) is 5.82 Å². The summed E-state index contributed by atoms with van der Waals surface area (Å²) in [5, 5.41) is 11.1. The van der Waals surface area contributed by atoms with Gasteiger partial charge >= 0.3 is 5.97 Å². The first-order valence-electron chi connectivity index (χ1n) is 5.28. The van der Waals surface area contributed by atoms with Crippen molar-refractivity contribution in [2.75, 3.05) is 5.32 Å². The van der Waals surface area contributed by atoms with E-state index in [4.69, 9.17) is 5.11 Å². The molecule has 0 unspecified atom stereocenters. The Kier molecular flexibility index (Phi) is 4.87. The molecule has 5 heteroatoms. The molecule has 2 N–H and O–H groups in total. The Morgan fingerprint density at radius 2 is 2.29 bits per heavy atom. The number of hydrogen-bond donors (Lipinski definition) is 2. The van der Waals surface area contributed by atoms with E-state index in [0.29, 0.717) is 17.8 Å². The molecule has 90 valence electrons. The van der Waals surface area contributed by atoms with Crippen molar-refractivity contribution in [3.05, 3.63) is 30.0 Å². The smallest absolute Gasteiger partial charge is 0.328 e. The fourth-order valence-corrected chi connectivity index (χ4v) is 1.22. The topological polar surface area (TPSA) is 79.3 Å². The van der Waals surface area contributed by atoms with Crippen LogP contribution in [-0.2, 0) is 9.59 Å². The molecule has 1 amide bonds. The molecule has 1 rings (SSSR count). The van der Waals surface area contributed by atoms with Crippen LogP contribution in [0.5, 0.6) is 0 Å². The highest BCUT2D eigenvalue weighted by atomic mass is 16.4. The maximum Gasteiger partial charge on any atom is 0.328 e. The molecule has 1 heterocycles. The number of carbonyl (C=O) groups is 2. The fraction of sp³-hybridized carbons (Fsp3) is 0.250. The molecule has 0 radical (unpaired) electrons. The molecule has 5 nitrogen and oxygen atoms in total. The van der Waals surface area contributed by atoms with Gasteiger partial charge in [-0.05, 0) is 30.2 Å². The Morgan fingerprint density at radius 3 is 2.94 bits per heavy atom. The SMILES string of the molecule is CCCC(=O)Nc1cc(/C=C/C(=O)O)ccn1. The van der Waals surface area contributed by atoms with E-state index in [9.17, 15) is 9.59 Å². The number of amides is 1. The Hall–Kier alpha value is -2.17. The molecule has 0 saturated heterocycles. The van der Waals surface area contributed by atoms with Crippen LogP contribution in [-0.4, -0.2) is 22.0 Å². The summed E-state index contributed by atoms with van der Waals surface area (Å²) in [5.74, 6) is -0.686. The predicted octanol–water partition coefficient (Wildman–Crippen LogP) is 1.92. The highest BCUT2D eigenvalue weighted by Crippen LogP contribution is 2.09. The van der Waals surface area contributed by atoms with Crippen LogP contribution in [0.3, 0.4) is 0 Å². The van der Waals surface area contributed by atoms with Gasteiger partial charge in [-0.15, -0.1) is 0 Å². The third-order valence-corrected chi connectivity index (χ3v) is 1.95. The van der Waals surface area contributed by atoms with Gasteiger partial charge in [-0.1, -0.05) is 6.92 Å². The van der Waals surface area contributed by atoms with Crippen molar-refractivity contribution in [3.63, 3.8) is 0 Å². The van der Waals surface area contributed by atoms with Crippen LogP contribution in [0.15, 0.2) is 24.4 Å². The Morgan fingerprint density at radius 1 is 1.53 bits per heavy atom. The lowest BCUT2D eigenvalue weighted by molar-refractivity contribution is -0.131. The highest BCUT2D eigenvalue weighted by molar-refractivity contribution is 5.90. The van der Waals surface area contributed by atoms with Crippen LogP contribution in [0.2, 0.25) is 0 Å². The predicted molar refractivity (Wildman–Crippen MR) is 64.4 cm³/mol. The largest absolute Gasteiger partial charge is 0.478 e. The molecule has 0 aliphatic rings. The molecule has 1 aromatic heterocycles. The van der Waals surface area contributed by atoms with Gasteiger partial charge in [-0.25, -0.2) is 9.78 Å². The first-order chi connectivity index (χ1) is 8.11. The zero-order chi connectivity index (χ0) is 12.7. The zero-order valence-electron chi connectivity index (χ0n) is 9.51. The maximum atomic E-state index is 11.3. The van der Waals surface area contributed by atoms with Crippen LogP contribution >= 0.6 is 0 Å². The van der Waals surface area contributed by atoms with E-state index < -0.39 is 5.97 Å². The van der Waals surface area contributed by atoms with Crippen LogP contribution in [0.25, 0.3) is 6.08 Å². The van der Waals surface area contributed by atoms with E-state index in [1.54, 1.807) is 12.1 Å². The van der Waals surface area contributed by atoms with E-state index in [-0.39, 0.29) is 5.91 Å². The highest BCUT2D eigenvalue weighted by Gasteiger charge is 2.01. The van der Waals surface area contributed by atoms with Gasteiger partial charge in [0.25, 0.3) is 0 Å². The molecular formula is C12H14N2O3. The van der Waals surface area contributed by atoms with Gasteiger partial charge in [0.2, 0.25) is 5.91 Å². The zero-order valence-corrected chi connectivity index (χ0v) is 9.51. The van der Waals surface area contributed by atoms with E-state index >= 15 is 0 Å². The van der Waals surface area contributed by atoms with Crippen molar-refractivity contribution < 1.29 is 14.7 Å². The number of rotatable bonds is 5. The summed E-state index contributed by atoms with van der Waals surface area (Å²) in [4.78, 5) is 25.7. The summed E-state index contributed by atoms with van der Waals surface area (Å²) in [6.07, 6.45) is 5.21. The van der Waals surface area contributed by atoms with E-state index in [2.05, 4.69) is 10.3 Å². The normalized spacial score (nSPS) is 10.4. The minimum absolute atomic E-state index is 0.0978. The van der Waals surface area contributed by atoms with Gasteiger partial charge in [0, 0.05) is 18.7 Å². The molecule has 0 fully saturated rings. The van der Waals surface area contributed by atoms with E-state index in [0.717, 1.165) is 12.5 Å². The number of aliphatic carboxylic acids is 1. The van der Waals surface area contributed by atoms with Crippen LogP contribution < -0.4 is 5.32 Å². The Bertz CT molecular complexity index is 441. The molecule has 0 atom stereocenters. The quantitative estimate of drug-likeness (QED) is 0.763. The number of nitrogens with zero attached hydrogens (tertiary/aromatic N) is 1. The fourth-order valence-electron chi connectivity index (χ4n) is 1.22. The van der Waals surface area contributed by atoms with Crippen molar-refractivity contribution >= 4 is 23.8 Å². The second kappa shape index (κ2) is 6.42. The number of carboxylic acid groups (broad SMARTS) is 1. The van der Waals surface area contributed by atoms with Crippen LogP contribution in [0, 0.1) is 0 Å². The van der Waals surface area contributed by atoms with Crippen molar-refractivity contribution in [2.24, 2.45) is 0 Å². The van der Waals surface area contributed by atoms with Gasteiger partial charge in [0.15, 0.2) is 0 Å². The lowest BCUT2D eigenvalue weighted by atomic mass is 10.2. The van der Waals surface area contributed by atoms with Crippen molar-refractivity contribution in [2.45, 2.75) is 19.8 Å². The summed E-state index contributed by atoms with van der Waals surface area (Å²) < 4.78 is 0. The molecule has 17 heavy (non-hydrogen) atoms. The second-order valence-corrected chi connectivity index (χ2v) is 3.44. The summed E-state index contributed by atoms with van der Waals surface area (Å²) in [6.45, 7) is 1.92. The minimum Gasteiger partial charge on any atom is -0.478 e. The van der Waals surface area contributed by atoms with Crippen molar-refractivity contribution in [1.82, 2.24) is 4.98 Å². The first kappa shape index (κ1) is 12.9. The molecule has 0 aliphatic heterocycles. The molecule has 0 spiro atoms. The monoisotopic (exact) mass is 234 g/mol. The number of carbonyl (C=O) groups excluding carboxylic acids is 1. The number of nitrogens with one attached hydrogen (secondary N) is 1. The van der Waals surface area contributed by atoms with Crippen LogP contribution in [0.1, 0.15) is 25.3 Å². The molecule has 0 saturated carbocycles. The Labute approximate surface area is 99.2 Å². The standard InChI is InChI=1S/C12H14N2O3/c1-2-3-11(15)14-10-8-9(6-7-13-10)4-5-12(16)17/h4-8H,2-3H2,1H3,(H,16,17)(H,13,14,15)/b5-4+. The molecule has 1 aromatic rings. The van der Waals surface area contributed by atoms with Gasteiger partial charge in [0.05, 0.1) is 0 Å². The average molecular weight is 234 g/mol. The molecule has 0 aromatic carbocycles. The lowest BCUT2D eigenvalue weighted by Gasteiger charge is -2.03. The Balaban J connectivity index is 2.72. The lowest BCUT2D eigenvalue weighted by Crippen LogP contribution is -2.11. The number of hydrogen-bond acceptors (Lipinski definition) is 3. The number of aromatic nitrogens is 1. The third-order valence-electron chi connectivity index (χ3n) is 1.95. The maximum absolute atomic E-state index is 11.3. The number of anilines is 1. The molecular weight excluding hydrogens is 220 g/mol. The van der Waals surface area contributed by atoms with Gasteiger partial charge in [-0.2, -0.15) is 0 Å². The summed E-state index contributed by atoms with van der Waals surface area (Å²) in [5.41, 5.74) is 0.675. The average Bonchev–Trinajstić information content (AvgIpc) is 2.27. The first-order valence-corrected chi connectivity index (χ1v) is 5.28. The number of pyridine rings is 1. The summed E-state index contributed by atoms with van der Waals surface area (Å²) in [7, 11) is 0.